The fourth-order valence-electron chi connectivity index (χ4n) is 8.85. The minimum Gasteiger partial charge on any atom is -0.454 e. The molecular formula is C64H109NO10. The molecule has 430 valence electrons. The van der Waals surface area contributed by atoms with Gasteiger partial charge >= 0.3 is 5.97 Å². The molecular weight excluding hydrogens is 943 g/mol. The van der Waals surface area contributed by atoms with Crippen molar-refractivity contribution < 1.29 is 49.3 Å². The maximum absolute atomic E-state index is 13.4. The zero-order chi connectivity index (χ0) is 54.7. The van der Waals surface area contributed by atoms with Crippen LogP contribution in [0.4, 0.5) is 0 Å². The molecule has 0 aliphatic carbocycles. The predicted octanol–water partition coefficient (Wildman–Crippen LogP) is 13.9. The smallest absolute Gasteiger partial charge is 0.306 e. The van der Waals surface area contributed by atoms with Crippen molar-refractivity contribution in [2.75, 3.05) is 13.2 Å². The van der Waals surface area contributed by atoms with E-state index in [0.717, 1.165) is 77.0 Å². The van der Waals surface area contributed by atoms with E-state index in [1.807, 2.05) is 72.9 Å². The van der Waals surface area contributed by atoms with Gasteiger partial charge in [0.1, 0.15) is 24.4 Å². The van der Waals surface area contributed by atoms with Gasteiger partial charge < -0.3 is 45.1 Å². The standard InChI is InChI=1S/C64H109NO10/c1-4-7-10-13-16-19-22-25-27-29-31-34-37-40-43-46-49-52-59(69)75-62-61(71)60(70)58(53-66)74-64(62)73-54-55(56(67)50-47-44-41-38-35-32-24-21-18-15-12-9-6-3)65-63(72)57(68)51-48-45-42-39-36-33-30-28-26-23-20-17-14-11-8-5-2/h8,11,14,17,20,23,25-28,30,33,36,39,47,50,55-58,60-62,64,66-68,70-71H,4-7,9-10,12-13,15-16,18-19,21-22,24,29,31-32,34-35,37-38,40-46,48-49,51-54H2,1-3H3,(H,65,72)/b11-8-,17-14+,23-20+,27-25+,28-26-,33-30+,39-36+,50-47+. The van der Waals surface area contributed by atoms with Gasteiger partial charge in [-0.2, -0.15) is 0 Å². The lowest BCUT2D eigenvalue weighted by Crippen LogP contribution is -2.61. The first-order valence-electron chi connectivity index (χ1n) is 30.1. The van der Waals surface area contributed by atoms with Crippen LogP contribution in [-0.2, 0) is 23.8 Å². The highest BCUT2D eigenvalue weighted by Crippen LogP contribution is 2.26. The van der Waals surface area contributed by atoms with Gasteiger partial charge in [0.05, 0.1) is 25.4 Å². The van der Waals surface area contributed by atoms with E-state index in [0.29, 0.717) is 12.8 Å². The van der Waals surface area contributed by atoms with Crippen molar-refractivity contribution in [2.24, 2.45) is 0 Å². The summed E-state index contributed by atoms with van der Waals surface area (Å²) < 4.78 is 17.6. The summed E-state index contributed by atoms with van der Waals surface area (Å²) in [6.45, 7) is 5.60. The Bertz CT molecular complexity index is 1580. The van der Waals surface area contributed by atoms with E-state index in [1.165, 1.54) is 109 Å². The van der Waals surface area contributed by atoms with E-state index in [4.69, 9.17) is 14.2 Å². The molecule has 0 saturated carbocycles. The zero-order valence-corrected chi connectivity index (χ0v) is 47.4. The third-order valence-corrected chi connectivity index (χ3v) is 13.6. The van der Waals surface area contributed by atoms with Gasteiger partial charge in [0.2, 0.25) is 5.91 Å². The molecule has 1 saturated heterocycles. The summed E-state index contributed by atoms with van der Waals surface area (Å²) in [4.78, 5) is 26.5. The van der Waals surface area contributed by atoms with Crippen LogP contribution in [0.2, 0.25) is 0 Å². The Hall–Kier alpha value is -3.42. The van der Waals surface area contributed by atoms with Crippen LogP contribution in [0.1, 0.15) is 233 Å². The van der Waals surface area contributed by atoms with Gasteiger partial charge in [-0.05, 0) is 70.6 Å². The van der Waals surface area contributed by atoms with Crippen LogP contribution in [-0.4, -0.2) is 99.6 Å². The number of hydrogen-bond donors (Lipinski definition) is 6. The van der Waals surface area contributed by atoms with Gasteiger partial charge in [0.15, 0.2) is 12.4 Å². The van der Waals surface area contributed by atoms with Crippen molar-refractivity contribution in [3.8, 4) is 0 Å². The second-order valence-corrected chi connectivity index (χ2v) is 20.5. The number of allylic oxidation sites excluding steroid dienone is 15. The van der Waals surface area contributed by atoms with Crippen LogP contribution in [0, 0.1) is 0 Å². The molecule has 0 bridgehead atoms. The first-order valence-corrected chi connectivity index (χ1v) is 30.1. The van der Waals surface area contributed by atoms with Crippen molar-refractivity contribution in [3.63, 3.8) is 0 Å². The van der Waals surface area contributed by atoms with E-state index < -0.39 is 67.4 Å². The SMILES string of the molecule is CC\C=C/C=C/C=C/C=C\C=C\C=C\CCCCC(O)C(=O)NC(COC1OC(CO)C(O)C(O)C1OC(=O)CCCCCCCCC/C=C/CCCCCCCC)C(O)/C=C/CCCCCCCCCCCCC. The number of rotatable bonds is 49. The van der Waals surface area contributed by atoms with E-state index in [9.17, 15) is 35.1 Å². The Kier molecular flexibility index (Phi) is 47.6. The number of carbonyl (C=O) groups is 2. The molecule has 0 spiro atoms. The molecule has 6 N–H and O–H groups in total. The highest BCUT2D eigenvalue weighted by molar-refractivity contribution is 5.80. The van der Waals surface area contributed by atoms with Gasteiger partial charge in [0, 0.05) is 6.42 Å². The quantitative estimate of drug-likeness (QED) is 0.0149. The summed E-state index contributed by atoms with van der Waals surface area (Å²) >= 11 is 0. The molecule has 0 aromatic heterocycles. The number of aliphatic hydroxyl groups excluding tert-OH is 5. The van der Waals surface area contributed by atoms with Gasteiger partial charge in [-0.3, -0.25) is 9.59 Å². The molecule has 1 aliphatic rings. The minimum atomic E-state index is -1.63. The van der Waals surface area contributed by atoms with Gasteiger partial charge in [-0.1, -0.05) is 253 Å². The second kappa shape index (κ2) is 51.3. The Morgan fingerprint density at radius 1 is 0.533 bits per heavy atom. The lowest BCUT2D eigenvalue weighted by molar-refractivity contribution is -0.305. The second-order valence-electron chi connectivity index (χ2n) is 20.5. The average molecular weight is 1050 g/mol. The Morgan fingerprint density at radius 3 is 1.48 bits per heavy atom. The van der Waals surface area contributed by atoms with Gasteiger partial charge in [-0.25, -0.2) is 0 Å². The maximum Gasteiger partial charge on any atom is 0.306 e. The third-order valence-electron chi connectivity index (χ3n) is 13.6. The van der Waals surface area contributed by atoms with Crippen molar-refractivity contribution >= 4 is 11.9 Å². The Morgan fingerprint density at radius 2 is 0.973 bits per heavy atom. The number of esters is 1. The Labute approximate surface area is 456 Å². The first kappa shape index (κ1) is 69.6. The highest BCUT2D eigenvalue weighted by atomic mass is 16.7. The number of aliphatic hydroxyl groups is 5. The number of nitrogens with one attached hydrogen (secondary N) is 1. The van der Waals surface area contributed by atoms with Gasteiger partial charge in [-0.15, -0.1) is 0 Å². The third kappa shape index (κ3) is 39.6. The topological polar surface area (TPSA) is 175 Å². The molecule has 11 heteroatoms. The molecule has 75 heavy (non-hydrogen) atoms. The Balaban J connectivity index is 2.76. The van der Waals surface area contributed by atoms with Crippen LogP contribution in [0.3, 0.4) is 0 Å². The molecule has 1 heterocycles. The minimum absolute atomic E-state index is 0.108. The largest absolute Gasteiger partial charge is 0.454 e. The lowest BCUT2D eigenvalue weighted by atomic mass is 9.99. The van der Waals surface area contributed by atoms with E-state index in [1.54, 1.807) is 6.08 Å². The summed E-state index contributed by atoms with van der Waals surface area (Å²) in [5.74, 6) is -1.25. The van der Waals surface area contributed by atoms with Crippen LogP contribution in [0.25, 0.3) is 0 Å². The molecule has 1 aliphatic heterocycles. The highest BCUT2D eigenvalue weighted by Gasteiger charge is 2.47. The molecule has 0 radical (unpaired) electrons. The molecule has 1 amide bonds. The first-order chi connectivity index (χ1) is 36.7. The van der Waals surface area contributed by atoms with E-state index >= 15 is 0 Å². The van der Waals surface area contributed by atoms with Crippen molar-refractivity contribution in [3.05, 3.63) is 97.2 Å². The van der Waals surface area contributed by atoms with E-state index in [2.05, 4.69) is 44.3 Å². The molecule has 0 aromatic carbocycles. The molecule has 1 fully saturated rings. The van der Waals surface area contributed by atoms with Crippen molar-refractivity contribution in [2.45, 2.75) is 282 Å². The van der Waals surface area contributed by atoms with Crippen LogP contribution >= 0.6 is 0 Å². The van der Waals surface area contributed by atoms with Crippen LogP contribution in [0.5, 0.6) is 0 Å². The fourth-order valence-corrected chi connectivity index (χ4v) is 8.85. The number of unbranched alkanes of at least 4 members (excludes halogenated alkanes) is 26. The van der Waals surface area contributed by atoms with Gasteiger partial charge in [0.25, 0.3) is 0 Å². The maximum atomic E-state index is 13.4. The van der Waals surface area contributed by atoms with Crippen LogP contribution in [0.15, 0.2) is 97.2 Å². The lowest BCUT2D eigenvalue weighted by Gasteiger charge is -2.41. The normalized spacial score (nSPS) is 19.9. The number of carbonyl (C=O) groups excluding carboxylic acids is 2. The molecule has 1 rings (SSSR count). The number of amides is 1. The monoisotopic (exact) mass is 1050 g/mol. The van der Waals surface area contributed by atoms with Crippen LogP contribution < -0.4 is 5.32 Å². The van der Waals surface area contributed by atoms with Crippen molar-refractivity contribution in [1.29, 1.82) is 0 Å². The molecule has 8 atom stereocenters. The zero-order valence-electron chi connectivity index (χ0n) is 47.4. The average Bonchev–Trinajstić information content (AvgIpc) is 3.41. The number of hydrogen-bond acceptors (Lipinski definition) is 10. The molecule has 8 unspecified atom stereocenters. The molecule has 11 nitrogen and oxygen atoms in total. The number of ether oxygens (including phenoxy) is 3. The summed E-state index contributed by atoms with van der Waals surface area (Å²) in [6.07, 6.45) is 57.2. The fraction of sp³-hybridized carbons (Fsp3) is 0.719. The summed E-state index contributed by atoms with van der Waals surface area (Å²) in [5.41, 5.74) is 0. The predicted molar refractivity (Wildman–Crippen MR) is 310 cm³/mol. The summed E-state index contributed by atoms with van der Waals surface area (Å²) in [6, 6.07) is -1.05. The summed E-state index contributed by atoms with van der Waals surface area (Å²) in [7, 11) is 0. The summed E-state index contributed by atoms with van der Waals surface area (Å²) in [5, 5.41) is 56.9. The van der Waals surface area contributed by atoms with Crippen molar-refractivity contribution in [1.82, 2.24) is 5.32 Å². The molecule has 0 aromatic rings. The van der Waals surface area contributed by atoms with E-state index in [-0.39, 0.29) is 19.4 Å².